The first kappa shape index (κ1) is 15.8. The maximum Gasteiger partial charge on any atom is 0.269 e. The molecule has 0 radical (unpaired) electrons. The molecule has 0 saturated heterocycles. The van der Waals surface area contributed by atoms with Crippen molar-refractivity contribution < 1.29 is 14.5 Å². The van der Waals surface area contributed by atoms with E-state index in [1.54, 1.807) is 11.6 Å². The average Bonchev–Trinajstić information content (AvgIpc) is 2.98. The molecule has 0 spiro atoms. The molecule has 0 atom stereocenters. The fraction of sp³-hybridized carbons (Fsp3) is 0.0833. The van der Waals surface area contributed by atoms with Gasteiger partial charge in [-0.25, -0.2) is 4.98 Å². The molecule has 0 aliphatic carbocycles. The van der Waals surface area contributed by atoms with Crippen molar-refractivity contribution in [3.8, 4) is 5.75 Å². The molecular weight excluding hydrogens is 328 g/mol. The van der Waals surface area contributed by atoms with Crippen LogP contribution in [-0.4, -0.2) is 27.5 Å². The number of amides is 1. The van der Waals surface area contributed by atoms with Crippen LogP contribution in [-0.2, 0) is 4.79 Å². The number of anilines is 1. The van der Waals surface area contributed by atoms with Gasteiger partial charge >= 0.3 is 0 Å². The number of carbonyl (C=O) groups is 1. The Morgan fingerprint density at radius 2 is 2.14 bits per heavy atom. The summed E-state index contributed by atoms with van der Waals surface area (Å²) in [7, 11) is 0. The second-order valence-corrected chi connectivity index (χ2v) is 5.18. The second kappa shape index (κ2) is 7.43. The molecule has 0 bridgehead atoms. The Balaban J connectivity index is 1.77. The maximum atomic E-state index is 11.6. The lowest BCUT2D eigenvalue weighted by Gasteiger charge is -2.08. The van der Waals surface area contributed by atoms with Gasteiger partial charge in [0.05, 0.1) is 4.92 Å². The van der Waals surface area contributed by atoms with Gasteiger partial charge in [0.15, 0.2) is 16.9 Å². The molecule has 8 nitrogen and oxygen atoms in total. The highest BCUT2D eigenvalue weighted by Crippen LogP contribution is 2.17. The third-order valence-electron chi connectivity index (χ3n) is 2.32. The van der Waals surface area contributed by atoms with Gasteiger partial charge in [0, 0.05) is 23.7 Å². The van der Waals surface area contributed by atoms with Crippen molar-refractivity contribution in [2.75, 3.05) is 11.9 Å². The fourth-order valence-electron chi connectivity index (χ4n) is 1.39. The molecule has 22 heavy (non-hydrogen) atoms. The van der Waals surface area contributed by atoms with Gasteiger partial charge in [0.2, 0.25) is 0 Å². The quantitative estimate of drug-likeness (QED) is 0.487. The fourth-order valence-corrected chi connectivity index (χ4v) is 2.20. The van der Waals surface area contributed by atoms with Crippen LogP contribution in [0.2, 0.25) is 0 Å². The summed E-state index contributed by atoms with van der Waals surface area (Å²) in [5.74, 6) is -0.105. The van der Waals surface area contributed by atoms with Crippen molar-refractivity contribution in [2.45, 2.75) is 0 Å². The van der Waals surface area contributed by atoms with E-state index >= 15 is 0 Å². The summed E-state index contributed by atoms with van der Waals surface area (Å²) in [5, 5.41) is 18.1. The number of aromatic nitrogens is 1. The molecule has 2 rings (SSSR count). The zero-order valence-electron chi connectivity index (χ0n) is 11.0. The first-order valence-corrected chi connectivity index (χ1v) is 7.21. The topological polar surface area (TPSA) is 106 Å². The molecular formula is C12H10N4O4S2. The molecule has 0 unspecified atom stereocenters. The first-order chi connectivity index (χ1) is 10.5. The van der Waals surface area contributed by atoms with Crippen LogP contribution in [0.5, 0.6) is 5.75 Å². The zero-order chi connectivity index (χ0) is 15.9. The Kier molecular flexibility index (Phi) is 5.33. The van der Waals surface area contributed by atoms with Gasteiger partial charge < -0.3 is 10.1 Å². The standard InChI is InChI=1S/C12H10N4O4S2/c17-10(14-11(21)15-12-13-5-6-22-12)7-20-9-3-1-8(2-4-9)16(18)19/h1-6H,7H2,(H2,13,14,15,17,21). The lowest BCUT2D eigenvalue weighted by molar-refractivity contribution is -0.384. The van der Waals surface area contributed by atoms with Crippen LogP contribution in [0.3, 0.4) is 0 Å². The number of nitrogens with zero attached hydrogens (tertiary/aromatic N) is 2. The minimum absolute atomic E-state index is 0.0503. The van der Waals surface area contributed by atoms with Crippen LogP contribution in [0.1, 0.15) is 0 Å². The van der Waals surface area contributed by atoms with Crippen LogP contribution in [0, 0.1) is 10.1 Å². The molecule has 0 aliphatic heterocycles. The first-order valence-electron chi connectivity index (χ1n) is 5.92. The highest BCUT2D eigenvalue weighted by atomic mass is 32.1. The third kappa shape index (κ3) is 4.75. The Morgan fingerprint density at radius 3 is 2.73 bits per heavy atom. The Morgan fingerprint density at radius 1 is 1.41 bits per heavy atom. The summed E-state index contributed by atoms with van der Waals surface area (Å²) in [4.78, 5) is 25.6. The van der Waals surface area contributed by atoms with Crippen LogP contribution in [0.25, 0.3) is 0 Å². The van der Waals surface area contributed by atoms with E-state index in [1.165, 1.54) is 35.6 Å². The predicted molar refractivity (Wildman–Crippen MR) is 85.1 cm³/mol. The number of thiazole rings is 1. The second-order valence-electron chi connectivity index (χ2n) is 3.88. The van der Waals surface area contributed by atoms with E-state index in [0.717, 1.165) is 0 Å². The summed E-state index contributed by atoms with van der Waals surface area (Å²) in [5.41, 5.74) is -0.0503. The van der Waals surface area contributed by atoms with Gasteiger partial charge in [0.25, 0.3) is 11.6 Å². The van der Waals surface area contributed by atoms with Crippen molar-refractivity contribution in [3.63, 3.8) is 0 Å². The van der Waals surface area contributed by atoms with E-state index in [1.807, 2.05) is 0 Å². The lowest BCUT2D eigenvalue weighted by atomic mass is 10.3. The molecule has 1 aromatic heterocycles. The minimum atomic E-state index is -0.515. The van der Waals surface area contributed by atoms with E-state index in [9.17, 15) is 14.9 Å². The van der Waals surface area contributed by atoms with Gasteiger partial charge in [-0.3, -0.25) is 20.2 Å². The molecule has 1 heterocycles. The number of thiocarbonyl (C=S) groups is 1. The van der Waals surface area contributed by atoms with Gasteiger partial charge in [-0.15, -0.1) is 11.3 Å². The van der Waals surface area contributed by atoms with Gasteiger partial charge in [-0.05, 0) is 24.4 Å². The molecule has 10 heteroatoms. The molecule has 0 fully saturated rings. The number of non-ortho nitro benzene ring substituents is 1. The van der Waals surface area contributed by atoms with Crippen LogP contribution >= 0.6 is 23.6 Å². The van der Waals surface area contributed by atoms with Crippen molar-refractivity contribution in [3.05, 3.63) is 46.0 Å². The molecule has 1 aromatic carbocycles. The SMILES string of the molecule is O=C(COc1ccc([N+](=O)[O-])cc1)NC(=S)Nc1nccs1. The number of carbonyl (C=O) groups excluding carboxylic acids is 1. The van der Waals surface area contributed by atoms with Gasteiger partial charge in [-0.1, -0.05) is 0 Å². The Labute approximate surface area is 134 Å². The largest absolute Gasteiger partial charge is 0.484 e. The molecule has 2 N–H and O–H groups in total. The highest BCUT2D eigenvalue weighted by molar-refractivity contribution is 7.80. The lowest BCUT2D eigenvalue weighted by Crippen LogP contribution is -2.37. The number of nitro groups is 1. The Bertz CT molecular complexity index is 673. The Hall–Kier alpha value is -2.59. The summed E-state index contributed by atoms with van der Waals surface area (Å²) in [6, 6.07) is 5.42. The number of hydrogen-bond donors (Lipinski definition) is 2. The summed E-state index contributed by atoms with van der Waals surface area (Å²) < 4.78 is 5.20. The normalized spacial score (nSPS) is 9.82. The maximum absolute atomic E-state index is 11.6. The van der Waals surface area contributed by atoms with Gasteiger partial charge in [-0.2, -0.15) is 0 Å². The van der Waals surface area contributed by atoms with Crippen molar-refractivity contribution in [1.29, 1.82) is 0 Å². The smallest absolute Gasteiger partial charge is 0.269 e. The van der Waals surface area contributed by atoms with Crippen LogP contribution in [0.4, 0.5) is 10.8 Å². The highest BCUT2D eigenvalue weighted by Gasteiger charge is 2.08. The summed E-state index contributed by atoms with van der Waals surface area (Å²) in [6.07, 6.45) is 1.61. The molecule has 0 aliphatic rings. The van der Waals surface area contributed by atoms with E-state index in [4.69, 9.17) is 17.0 Å². The van der Waals surface area contributed by atoms with Crippen molar-refractivity contribution in [2.24, 2.45) is 0 Å². The molecule has 0 saturated carbocycles. The van der Waals surface area contributed by atoms with Crippen LogP contribution in [0.15, 0.2) is 35.8 Å². The molecule has 2 aromatic rings. The number of nitrogens with one attached hydrogen (secondary N) is 2. The predicted octanol–water partition coefficient (Wildman–Crippen LogP) is 1.94. The van der Waals surface area contributed by atoms with E-state index in [-0.39, 0.29) is 17.4 Å². The average molecular weight is 338 g/mol. The number of rotatable bonds is 5. The number of benzene rings is 1. The number of hydrogen-bond acceptors (Lipinski definition) is 7. The van der Waals surface area contributed by atoms with Crippen molar-refractivity contribution in [1.82, 2.24) is 10.3 Å². The van der Waals surface area contributed by atoms with E-state index in [0.29, 0.717) is 10.9 Å². The third-order valence-corrected chi connectivity index (χ3v) is 3.22. The minimum Gasteiger partial charge on any atom is -0.484 e. The zero-order valence-corrected chi connectivity index (χ0v) is 12.6. The van der Waals surface area contributed by atoms with Gasteiger partial charge in [0.1, 0.15) is 5.75 Å². The van der Waals surface area contributed by atoms with Crippen molar-refractivity contribution >= 4 is 45.4 Å². The monoisotopic (exact) mass is 338 g/mol. The molecule has 1 amide bonds. The molecule has 114 valence electrons. The summed E-state index contributed by atoms with van der Waals surface area (Å²) in [6.45, 7) is -0.266. The van der Waals surface area contributed by atoms with E-state index < -0.39 is 10.8 Å². The van der Waals surface area contributed by atoms with E-state index in [2.05, 4.69) is 15.6 Å². The summed E-state index contributed by atoms with van der Waals surface area (Å²) >= 11 is 6.29. The number of ether oxygens (including phenoxy) is 1. The van der Waals surface area contributed by atoms with Crippen LogP contribution < -0.4 is 15.4 Å². The number of nitro benzene ring substituents is 1.